The Hall–Kier alpha value is -0.580. The van der Waals surface area contributed by atoms with E-state index in [2.05, 4.69) is 46.1 Å². The van der Waals surface area contributed by atoms with Crippen molar-refractivity contribution < 1.29 is 4.74 Å². The van der Waals surface area contributed by atoms with Crippen molar-refractivity contribution in [2.45, 2.75) is 38.3 Å². The van der Waals surface area contributed by atoms with Crippen LogP contribution in [0.4, 0.5) is 5.69 Å². The molecule has 2 atom stereocenters. The summed E-state index contributed by atoms with van der Waals surface area (Å²) in [6.07, 6.45) is 4.02. The Labute approximate surface area is 124 Å². The van der Waals surface area contributed by atoms with Gasteiger partial charge in [-0.1, -0.05) is 22.0 Å². The second kappa shape index (κ2) is 6.73. The zero-order chi connectivity index (χ0) is 13.8. The highest BCUT2D eigenvalue weighted by Crippen LogP contribution is 2.27. The molecule has 1 unspecified atom stereocenters. The minimum absolute atomic E-state index is 0.0513. The van der Waals surface area contributed by atoms with Gasteiger partial charge in [0.25, 0.3) is 0 Å². The Morgan fingerprint density at radius 1 is 1.47 bits per heavy atom. The lowest BCUT2D eigenvalue weighted by atomic mass is 10.1. The molecule has 0 aliphatic carbocycles. The summed E-state index contributed by atoms with van der Waals surface area (Å²) in [5.41, 5.74) is 8.27. The molecule has 1 aliphatic rings. The fourth-order valence-corrected chi connectivity index (χ4v) is 3.21. The number of likely N-dealkylation sites (N-methyl/N-ethyl adjacent to an activating group) is 1. The molecule has 2 rings (SSSR count). The van der Waals surface area contributed by atoms with Crippen LogP contribution in [0.5, 0.6) is 0 Å². The van der Waals surface area contributed by atoms with Crippen molar-refractivity contribution in [1.29, 1.82) is 0 Å². The molecule has 1 aromatic carbocycles. The van der Waals surface area contributed by atoms with Gasteiger partial charge in [-0.05, 0) is 43.9 Å². The quantitative estimate of drug-likeness (QED) is 0.920. The molecule has 0 amide bonds. The van der Waals surface area contributed by atoms with Gasteiger partial charge < -0.3 is 15.4 Å². The maximum Gasteiger partial charge on any atom is 0.0749 e. The number of nitrogens with zero attached hydrogens (tertiary/aromatic N) is 1. The highest BCUT2D eigenvalue weighted by Gasteiger charge is 2.16. The molecule has 106 valence electrons. The number of benzene rings is 1. The molecule has 19 heavy (non-hydrogen) atoms. The number of anilines is 1. The Morgan fingerprint density at radius 3 is 2.84 bits per heavy atom. The minimum atomic E-state index is 0.0513. The van der Waals surface area contributed by atoms with Crippen LogP contribution in [0.25, 0.3) is 0 Å². The first-order valence-corrected chi connectivity index (χ1v) is 7.75. The van der Waals surface area contributed by atoms with Gasteiger partial charge in [0.2, 0.25) is 0 Å². The number of nitrogens with two attached hydrogens (primary N) is 1. The summed E-state index contributed by atoms with van der Waals surface area (Å²) in [7, 11) is 2.12. The van der Waals surface area contributed by atoms with Crippen molar-refractivity contribution in [2.75, 3.05) is 25.1 Å². The van der Waals surface area contributed by atoms with E-state index in [0.717, 1.165) is 23.2 Å². The minimum Gasteiger partial charge on any atom is -0.376 e. The smallest absolute Gasteiger partial charge is 0.0749 e. The monoisotopic (exact) mass is 326 g/mol. The Balaban J connectivity index is 2.02. The summed E-state index contributed by atoms with van der Waals surface area (Å²) < 4.78 is 6.87. The van der Waals surface area contributed by atoms with Crippen molar-refractivity contribution >= 4 is 21.6 Å². The number of rotatable bonds is 4. The van der Waals surface area contributed by atoms with Gasteiger partial charge in [-0.15, -0.1) is 0 Å². The molecule has 2 N–H and O–H groups in total. The number of ether oxygens (including phenoxy) is 1. The van der Waals surface area contributed by atoms with Crippen LogP contribution in [0.3, 0.4) is 0 Å². The molecule has 0 radical (unpaired) electrons. The molecule has 0 bridgehead atoms. The summed E-state index contributed by atoms with van der Waals surface area (Å²) in [6.45, 7) is 3.86. The lowest BCUT2D eigenvalue weighted by Crippen LogP contribution is -2.33. The fourth-order valence-electron chi connectivity index (χ4n) is 2.49. The van der Waals surface area contributed by atoms with Gasteiger partial charge >= 0.3 is 0 Å². The summed E-state index contributed by atoms with van der Waals surface area (Å²) in [5.74, 6) is 0. The lowest BCUT2D eigenvalue weighted by molar-refractivity contribution is 0.0216. The molecule has 0 aromatic heterocycles. The fraction of sp³-hybridized carbons (Fsp3) is 0.600. The molecule has 1 saturated heterocycles. The van der Waals surface area contributed by atoms with E-state index >= 15 is 0 Å². The molecule has 1 fully saturated rings. The Kier molecular flexibility index (Phi) is 5.25. The SMILES string of the molecule is C[C@H](N)c1ccc(N(C)CC2CCCCO2)cc1Br. The predicted octanol–water partition coefficient (Wildman–Crippen LogP) is 3.47. The van der Waals surface area contributed by atoms with Crippen molar-refractivity contribution in [2.24, 2.45) is 5.73 Å². The zero-order valence-electron chi connectivity index (χ0n) is 11.7. The summed E-state index contributed by atoms with van der Waals surface area (Å²) in [6, 6.07) is 6.42. The summed E-state index contributed by atoms with van der Waals surface area (Å²) in [5, 5.41) is 0. The normalized spacial score (nSPS) is 21.2. The van der Waals surface area contributed by atoms with Crippen molar-refractivity contribution in [3.8, 4) is 0 Å². The van der Waals surface area contributed by atoms with Gasteiger partial charge in [-0.2, -0.15) is 0 Å². The van der Waals surface area contributed by atoms with Crippen molar-refractivity contribution in [1.82, 2.24) is 0 Å². The van der Waals surface area contributed by atoms with E-state index < -0.39 is 0 Å². The van der Waals surface area contributed by atoms with Gasteiger partial charge in [0, 0.05) is 36.4 Å². The Bertz CT molecular complexity index is 417. The predicted molar refractivity (Wildman–Crippen MR) is 83.6 cm³/mol. The standard InChI is InChI=1S/C15H23BrN2O/c1-11(17)14-7-6-12(9-15(14)16)18(2)10-13-5-3-4-8-19-13/h6-7,9,11,13H,3-5,8,10,17H2,1-2H3/t11-,13?/m0/s1. The largest absolute Gasteiger partial charge is 0.376 e. The summed E-state index contributed by atoms with van der Waals surface area (Å²) >= 11 is 3.60. The maximum atomic E-state index is 5.93. The number of hydrogen-bond donors (Lipinski definition) is 1. The van der Waals surface area contributed by atoms with Crippen LogP contribution in [0, 0.1) is 0 Å². The van der Waals surface area contributed by atoms with Gasteiger partial charge in [-0.3, -0.25) is 0 Å². The van der Waals surface area contributed by atoms with Crippen molar-refractivity contribution in [3.05, 3.63) is 28.2 Å². The van der Waals surface area contributed by atoms with Crippen LogP contribution in [-0.2, 0) is 4.74 Å². The molecule has 0 spiro atoms. The van der Waals surface area contributed by atoms with E-state index in [1.807, 2.05) is 6.92 Å². The molecule has 1 aromatic rings. The number of halogens is 1. The van der Waals surface area contributed by atoms with Crippen molar-refractivity contribution in [3.63, 3.8) is 0 Å². The number of hydrogen-bond acceptors (Lipinski definition) is 3. The molecular weight excluding hydrogens is 304 g/mol. The molecule has 0 saturated carbocycles. The lowest BCUT2D eigenvalue weighted by Gasteiger charge is -2.29. The second-order valence-corrected chi connectivity index (χ2v) is 6.22. The third kappa shape index (κ3) is 3.94. The first-order valence-electron chi connectivity index (χ1n) is 6.95. The highest BCUT2D eigenvalue weighted by molar-refractivity contribution is 9.10. The van der Waals surface area contributed by atoms with Crippen LogP contribution in [0.15, 0.2) is 22.7 Å². The van der Waals surface area contributed by atoms with Gasteiger partial charge in [0.15, 0.2) is 0 Å². The van der Waals surface area contributed by atoms with E-state index in [4.69, 9.17) is 10.5 Å². The third-order valence-electron chi connectivity index (χ3n) is 3.67. The van der Waals surface area contributed by atoms with Gasteiger partial charge in [-0.25, -0.2) is 0 Å². The highest BCUT2D eigenvalue weighted by atomic mass is 79.9. The van der Waals surface area contributed by atoms with Crippen LogP contribution in [-0.4, -0.2) is 26.3 Å². The first-order chi connectivity index (χ1) is 9.08. The van der Waals surface area contributed by atoms with Crippen LogP contribution in [0.2, 0.25) is 0 Å². The topological polar surface area (TPSA) is 38.5 Å². The molecular formula is C15H23BrN2O. The first kappa shape index (κ1) is 14.8. The maximum absolute atomic E-state index is 5.93. The van der Waals surface area contributed by atoms with Gasteiger partial charge in [0.05, 0.1) is 6.10 Å². The second-order valence-electron chi connectivity index (χ2n) is 5.36. The van der Waals surface area contributed by atoms with Gasteiger partial charge in [0.1, 0.15) is 0 Å². The average Bonchev–Trinajstić information content (AvgIpc) is 2.39. The molecule has 1 heterocycles. The van der Waals surface area contributed by atoms with E-state index in [1.54, 1.807) is 0 Å². The van der Waals surface area contributed by atoms with Crippen LogP contribution >= 0.6 is 15.9 Å². The van der Waals surface area contributed by atoms with E-state index in [0.29, 0.717) is 6.10 Å². The van der Waals surface area contributed by atoms with E-state index in [1.165, 1.54) is 24.9 Å². The molecule has 3 nitrogen and oxygen atoms in total. The van der Waals surface area contributed by atoms with Crippen LogP contribution in [0.1, 0.15) is 37.8 Å². The Morgan fingerprint density at radius 2 is 2.26 bits per heavy atom. The van der Waals surface area contributed by atoms with Crippen LogP contribution < -0.4 is 10.6 Å². The molecule has 4 heteroatoms. The van der Waals surface area contributed by atoms with E-state index in [9.17, 15) is 0 Å². The average molecular weight is 327 g/mol. The molecule has 1 aliphatic heterocycles. The third-order valence-corrected chi connectivity index (χ3v) is 4.35. The van der Waals surface area contributed by atoms with E-state index in [-0.39, 0.29) is 6.04 Å². The summed E-state index contributed by atoms with van der Waals surface area (Å²) in [4.78, 5) is 2.26. The zero-order valence-corrected chi connectivity index (χ0v) is 13.3.